The largest absolute Gasteiger partial charge is 0.505 e. The molecule has 0 radical (unpaired) electrons. The Bertz CT molecular complexity index is 1040. The minimum Gasteiger partial charge on any atom is -0.505 e. The van der Waals surface area contributed by atoms with Crippen LogP contribution in [0.2, 0.25) is 0 Å². The number of halogens is 1. The summed E-state index contributed by atoms with van der Waals surface area (Å²) in [5, 5.41) is 23.8. The summed E-state index contributed by atoms with van der Waals surface area (Å²) in [6.45, 7) is 7.17. The highest BCUT2D eigenvalue weighted by Gasteiger charge is 2.30. The number of allylic oxidation sites excluding steroid dienone is 1. The number of carbonyl (C=O) groups excluding carboxylic acids is 2. The van der Waals surface area contributed by atoms with Crippen LogP contribution in [0.25, 0.3) is 0 Å². The van der Waals surface area contributed by atoms with Crippen LogP contribution in [0.15, 0.2) is 35.4 Å². The molecule has 212 valence electrons. The van der Waals surface area contributed by atoms with Crippen molar-refractivity contribution < 1.29 is 38.4 Å². The number of nitrogens with one attached hydrogen (secondary N) is 1. The zero-order valence-electron chi connectivity index (χ0n) is 23.0. The average molecular weight is 537 g/mol. The molecular formula is C28H41FN2O7. The van der Waals surface area contributed by atoms with E-state index >= 15 is 0 Å². The molecule has 2 bridgehead atoms. The summed E-state index contributed by atoms with van der Waals surface area (Å²) in [5.74, 6) is -2.37. The molecular weight excluding hydrogens is 495 g/mol. The number of aromatic hydroxyl groups is 1. The van der Waals surface area contributed by atoms with Gasteiger partial charge in [-0.3, -0.25) is 4.79 Å². The van der Waals surface area contributed by atoms with Crippen molar-refractivity contribution in [3.05, 3.63) is 46.8 Å². The first-order valence-corrected chi connectivity index (χ1v) is 12.7. The van der Waals surface area contributed by atoms with Gasteiger partial charge in [0.05, 0.1) is 24.0 Å². The molecule has 1 aromatic rings. The number of rotatable bonds is 3. The third-order valence-corrected chi connectivity index (χ3v) is 6.92. The lowest BCUT2D eigenvalue weighted by molar-refractivity contribution is -0.112. The monoisotopic (exact) mass is 536 g/mol. The number of anilines is 1. The van der Waals surface area contributed by atoms with E-state index in [2.05, 4.69) is 5.32 Å². The third-order valence-electron chi connectivity index (χ3n) is 6.92. The fourth-order valence-corrected chi connectivity index (χ4v) is 4.84. The van der Waals surface area contributed by atoms with Crippen LogP contribution < -0.4 is 11.1 Å². The average Bonchev–Trinajstić information content (AvgIpc) is 2.85. The summed E-state index contributed by atoms with van der Waals surface area (Å²) < 4.78 is 31.2. The second-order valence-electron chi connectivity index (χ2n) is 10.1. The number of methoxy groups -OCH3 is 2. The molecule has 2 amide bonds. The van der Waals surface area contributed by atoms with E-state index in [9.17, 15) is 24.2 Å². The number of phenolic OH excluding ortho intramolecular Hbond substituents is 1. The van der Waals surface area contributed by atoms with Crippen LogP contribution in [-0.4, -0.2) is 60.8 Å². The Balaban J connectivity index is 2.51. The first-order chi connectivity index (χ1) is 17.9. The molecule has 0 unspecified atom stereocenters. The molecule has 1 aliphatic rings. The summed E-state index contributed by atoms with van der Waals surface area (Å²) >= 11 is 0. The Morgan fingerprint density at radius 2 is 1.82 bits per heavy atom. The smallest absolute Gasteiger partial charge is 0.405 e. The molecule has 5 N–H and O–H groups in total. The van der Waals surface area contributed by atoms with Gasteiger partial charge in [0.15, 0.2) is 17.7 Å². The highest BCUT2D eigenvalue weighted by molar-refractivity contribution is 6.03. The van der Waals surface area contributed by atoms with Gasteiger partial charge < -0.3 is 35.5 Å². The molecule has 9 nitrogen and oxygen atoms in total. The number of hydrogen-bond donors (Lipinski definition) is 4. The SMILES string of the molecule is CO[C@H]1C[C@@H](C)Cc2cc(O)c(F)c(c2)NC(=O)/C(C)=C/CC[C@H](OC)[C@@H](OC(N)=O)/C(C)=C/[C@@H](C)[C@@H]1O. The van der Waals surface area contributed by atoms with E-state index in [-0.39, 0.29) is 17.5 Å². The summed E-state index contributed by atoms with van der Waals surface area (Å²) in [5.41, 5.74) is 6.84. The van der Waals surface area contributed by atoms with Gasteiger partial charge in [0.25, 0.3) is 5.91 Å². The topological polar surface area (TPSA) is 140 Å². The maximum Gasteiger partial charge on any atom is 0.405 e. The van der Waals surface area contributed by atoms with E-state index in [0.29, 0.717) is 42.4 Å². The van der Waals surface area contributed by atoms with E-state index in [1.165, 1.54) is 26.4 Å². The van der Waals surface area contributed by atoms with E-state index in [0.717, 1.165) is 0 Å². The molecule has 0 aliphatic carbocycles. The molecule has 0 aromatic heterocycles. The number of amides is 2. The number of primary amides is 1. The second-order valence-corrected chi connectivity index (χ2v) is 10.1. The molecule has 1 aliphatic heterocycles. The quantitative estimate of drug-likeness (QED) is 0.424. The van der Waals surface area contributed by atoms with Crippen molar-refractivity contribution in [3.8, 4) is 5.75 Å². The van der Waals surface area contributed by atoms with Gasteiger partial charge in [0.2, 0.25) is 0 Å². The normalized spacial score (nSPS) is 30.9. The standard InChI is InChI=1S/C28H41FN2O7/c1-15-10-19-13-20(24(29)21(32)14-19)31-27(34)16(2)8-7-9-22(36-5)26(38-28(30)35)18(4)12-17(3)25(33)23(11-15)37-6/h8,12-15,17,22-23,25-26,32-33H,7,9-11H2,1-6H3,(H2,30,35)(H,31,34)/b16-8+,18-12+/t15-,17+,22-,23-,25-,26-/m0/s1. The summed E-state index contributed by atoms with van der Waals surface area (Å²) in [6.07, 6.45) is 1.42. The fraction of sp³-hybridized carbons (Fsp3) is 0.571. The molecule has 1 heterocycles. The molecule has 10 heteroatoms. The van der Waals surface area contributed by atoms with Crippen molar-refractivity contribution in [1.29, 1.82) is 0 Å². The van der Waals surface area contributed by atoms with Crippen molar-refractivity contribution in [1.82, 2.24) is 0 Å². The van der Waals surface area contributed by atoms with E-state index in [1.54, 1.807) is 19.9 Å². The van der Waals surface area contributed by atoms with Crippen LogP contribution in [0.1, 0.15) is 52.5 Å². The lowest BCUT2D eigenvalue weighted by atomic mass is 9.88. The lowest BCUT2D eigenvalue weighted by Gasteiger charge is -2.30. The second kappa shape index (κ2) is 14.3. The Kier molecular flexibility index (Phi) is 11.7. The minimum atomic E-state index is -0.960. The Hall–Kier alpha value is -2.95. The van der Waals surface area contributed by atoms with Gasteiger partial charge in [-0.25, -0.2) is 9.18 Å². The Morgan fingerprint density at radius 1 is 1.16 bits per heavy atom. The lowest BCUT2D eigenvalue weighted by Crippen LogP contribution is -2.37. The van der Waals surface area contributed by atoms with Crippen molar-refractivity contribution in [2.75, 3.05) is 19.5 Å². The van der Waals surface area contributed by atoms with Gasteiger partial charge in [-0.15, -0.1) is 0 Å². The summed E-state index contributed by atoms with van der Waals surface area (Å²) in [6, 6.07) is 2.84. The zero-order chi connectivity index (χ0) is 28.6. The number of ether oxygens (including phenoxy) is 3. The molecule has 0 saturated carbocycles. The number of phenols is 1. The van der Waals surface area contributed by atoms with Crippen LogP contribution in [0, 0.1) is 17.7 Å². The van der Waals surface area contributed by atoms with Gasteiger partial charge in [0.1, 0.15) is 0 Å². The van der Waals surface area contributed by atoms with E-state index < -0.39 is 48.0 Å². The highest BCUT2D eigenvalue weighted by Crippen LogP contribution is 2.30. The third kappa shape index (κ3) is 8.54. The molecule has 2 rings (SSSR count). The number of nitrogens with two attached hydrogens (primary N) is 1. The van der Waals surface area contributed by atoms with Crippen LogP contribution in [0.3, 0.4) is 0 Å². The van der Waals surface area contributed by atoms with E-state index in [1.807, 2.05) is 19.9 Å². The maximum absolute atomic E-state index is 14.6. The predicted octanol–water partition coefficient (Wildman–Crippen LogP) is 4.22. The number of fused-ring (bicyclic) bond motifs is 2. The first kappa shape index (κ1) is 31.3. The molecule has 0 fully saturated rings. The van der Waals surface area contributed by atoms with Crippen molar-refractivity contribution >= 4 is 17.7 Å². The van der Waals surface area contributed by atoms with Crippen LogP contribution in [-0.2, 0) is 25.4 Å². The van der Waals surface area contributed by atoms with Gasteiger partial charge in [-0.2, -0.15) is 0 Å². The van der Waals surface area contributed by atoms with Crippen LogP contribution in [0.4, 0.5) is 14.9 Å². The molecule has 1 aromatic carbocycles. The Labute approximate surface area is 223 Å². The highest BCUT2D eigenvalue weighted by atomic mass is 19.1. The number of benzene rings is 1. The number of hydrogen-bond acceptors (Lipinski definition) is 7. The molecule has 0 saturated heterocycles. The molecule has 6 atom stereocenters. The minimum absolute atomic E-state index is 0.0205. The van der Waals surface area contributed by atoms with Crippen molar-refractivity contribution in [3.63, 3.8) is 0 Å². The van der Waals surface area contributed by atoms with Crippen molar-refractivity contribution in [2.45, 2.75) is 77.8 Å². The number of aliphatic hydroxyl groups excluding tert-OH is 1. The number of aliphatic hydroxyl groups is 1. The van der Waals surface area contributed by atoms with E-state index in [4.69, 9.17) is 19.9 Å². The predicted molar refractivity (Wildman–Crippen MR) is 142 cm³/mol. The van der Waals surface area contributed by atoms with Gasteiger partial charge in [-0.05, 0) is 68.7 Å². The maximum atomic E-state index is 14.6. The zero-order valence-corrected chi connectivity index (χ0v) is 23.0. The number of carbonyl (C=O) groups is 2. The summed E-state index contributed by atoms with van der Waals surface area (Å²) in [4.78, 5) is 24.4. The molecule has 38 heavy (non-hydrogen) atoms. The molecule has 0 spiro atoms. The summed E-state index contributed by atoms with van der Waals surface area (Å²) in [7, 11) is 3.00. The van der Waals surface area contributed by atoms with Gasteiger partial charge >= 0.3 is 6.09 Å². The van der Waals surface area contributed by atoms with Crippen molar-refractivity contribution in [2.24, 2.45) is 17.6 Å². The van der Waals surface area contributed by atoms with Crippen LogP contribution >= 0.6 is 0 Å². The fourth-order valence-electron chi connectivity index (χ4n) is 4.84. The van der Waals surface area contributed by atoms with Gasteiger partial charge in [-0.1, -0.05) is 26.0 Å². The Morgan fingerprint density at radius 3 is 2.42 bits per heavy atom. The van der Waals surface area contributed by atoms with Crippen LogP contribution in [0.5, 0.6) is 5.75 Å². The van der Waals surface area contributed by atoms with Gasteiger partial charge in [0, 0.05) is 25.7 Å². The first-order valence-electron chi connectivity index (χ1n) is 12.7.